The predicted molar refractivity (Wildman–Crippen MR) is 123 cm³/mol. The maximum Gasteiger partial charge on any atom is 0.303 e. The Labute approximate surface area is 202 Å². The van der Waals surface area contributed by atoms with Crippen molar-refractivity contribution in [3.05, 3.63) is 12.2 Å². The van der Waals surface area contributed by atoms with Crippen LogP contribution in [0.25, 0.3) is 0 Å². The summed E-state index contributed by atoms with van der Waals surface area (Å²) in [4.78, 5) is 36.0. The van der Waals surface area contributed by atoms with E-state index in [0.29, 0.717) is 31.3 Å². The standard InChI is InChI=1S/C26H40O8/c1-13(2)18-12-21(32-16(5)28)26(8,34-17(6)29)23-20-11-14(3)19(31-15(4)27)9-10-25(7,30)24(33-20)22(18)23/h13,18-24,30H,3,9-12H2,1-2,4-8H3/t18-,19+,20+,21+,22-,23-,24+,25-,26-/m1/s1. The lowest BCUT2D eigenvalue weighted by atomic mass is 9.56. The van der Waals surface area contributed by atoms with Crippen LogP contribution in [0.4, 0.5) is 0 Å². The number of hydrogen-bond donors (Lipinski definition) is 1. The van der Waals surface area contributed by atoms with Crippen molar-refractivity contribution < 1.29 is 38.4 Å². The molecule has 3 aliphatic rings. The molecule has 2 bridgehead atoms. The monoisotopic (exact) mass is 480 g/mol. The highest BCUT2D eigenvalue weighted by Crippen LogP contribution is 2.58. The number of esters is 3. The molecule has 0 radical (unpaired) electrons. The largest absolute Gasteiger partial charge is 0.458 e. The normalized spacial score (nSPS) is 42.1. The van der Waals surface area contributed by atoms with Crippen LogP contribution in [0.5, 0.6) is 0 Å². The quantitative estimate of drug-likeness (QED) is 0.371. The third-order valence-corrected chi connectivity index (χ3v) is 8.05. The third kappa shape index (κ3) is 5.03. The van der Waals surface area contributed by atoms with Gasteiger partial charge in [-0.25, -0.2) is 0 Å². The average molecular weight is 481 g/mol. The molecule has 9 atom stereocenters. The summed E-state index contributed by atoms with van der Waals surface area (Å²) < 4.78 is 23.8. The van der Waals surface area contributed by atoms with Crippen molar-refractivity contribution in [2.75, 3.05) is 0 Å². The van der Waals surface area contributed by atoms with Gasteiger partial charge in [0.15, 0.2) is 5.60 Å². The van der Waals surface area contributed by atoms with Gasteiger partial charge in [-0.2, -0.15) is 0 Å². The van der Waals surface area contributed by atoms with E-state index in [1.54, 1.807) is 6.92 Å². The van der Waals surface area contributed by atoms with E-state index in [2.05, 4.69) is 20.4 Å². The van der Waals surface area contributed by atoms with Gasteiger partial charge in [-0.1, -0.05) is 20.4 Å². The Morgan fingerprint density at radius 3 is 2.24 bits per heavy atom. The van der Waals surface area contributed by atoms with Crippen molar-refractivity contribution in [3.8, 4) is 0 Å². The van der Waals surface area contributed by atoms with Crippen LogP contribution in [0, 0.1) is 23.7 Å². The van der Waals surface area contributed by atoms with Crippen LogP contribution in [0.2, 0.25) is 0 Å². The fourth-order valence-corrected chi connectivity index (χ4v) is 6.66. The molecule has 3 fully saturated rings. The minimum absolute atomic E-state index is 0.0661. The lowest BCUT2D eigenvalue weighted by molar-refractivity contribution is -0.215. The number of fused-ring (bicyclic) bond motifs is 5. The maximum absolute atomic E-state index is 12.3. The zero-order chi connectivity index (χ0) is 25.6. The number of carbonyl (C=O) groups excluding carboxylic acids is 3. The van der Waals surface area contributed by atoms with Gasteiger partial charge in [0.05, 0.1) is 17.8 Å². The van der Waals surface area contributed by atoms with Crippen LogP contribution in [-0.4, -0.2) is 58.6 Å². The van der Waals surface area contributed by atoms with E-state index >= 15 is 0 Å². The third-order valence-electron chi connectivity index (χ3n) is 8.05. The second kappa shape index (κ2) is 9.61. The van der Waals surface area contributed by atoms with E-state index in [9.17, 15) is 19.5 Å². The van der Waals surface area contributed by atoms with Gasteiger partial charge in [0.2, 0.25) is 0 Å². The van der Waals surface area contributed by atoms with Crippen LogP contribution in [-0.2, 0) is 33.3 Å². The fourth-order valence-electron chi connectivity index (χ4n) is 6.66. The molecule has 1 N–H and O–H groups in total. The summed E-state index contributed by atoms with van der Waals surface area (Å²) >= 11 is 0. The van der Waals surface area contributed by atoms with Crippen molar-refractivity contribution in [3.63, 3.8) is 0 Å². The van der Waals surface area contributed by atoms with Gasteiger partial charge in [-0.05, 0) is 56.9 Å². The van der Waals surface area contributed by atoms with E-state index < -0.39 is 53.5 Å². The van der Waals surface area contributed by atoms with Gasteiger partial charge in [0.1, 0.15) is 12.2 Å². The lowest BCUT2D eigenvalue weighted by Gasteiger charge is -2.53. The minimum Gasteiger partial charge on any atom is -0.458 e. The second-order valence-corrected chi connectivity index (χ2v) is 11.1. The van der Waals surface area contributed by atoms with Gasteiger partial charge in [-0.3, -0.25) is 14.4 Å². The molecule has 3 rings (SSSR count). The Morgan fingerprint density at radius 1 is 1.09 bits per heavy atom. The van der Waals surface area contributed by atoms with Gasteiger partial charge in [0.25, 0.3) is 0 Å². The molecule has 0 aromatic heterocycles. The van der Waals surface area contributed by atoms with Gasteiger partial charge in [0, 0.05) is 32.6 Å². The molecule has 0 unspecified atom stereocenters. The highest BCUT2D eigenvalue weighted by atomic mass is 16.6. The fraction of sp³-hybridized carbons (Fsp3) is 0.808. The topological polar surface area (TPSA) is 108 Å². The Bertz CT molecular complexity index is 833. The molecule has 2 heterocycles. The number of hydrogen-bond acceptors (Lipinski definition) is 8. The number of aliphatic hydroxyl groups is 1. The van der Waals surface area contributed by atoms with E-state index in [1.165, 1.54) is 20.8 Å². The molecular weight excluding hydrogens is 440 g/mol. The van der Waals surface area contributed by atoms with Crippen molar-refractivity contribution >= 4 is 17.9 Å². The summed E-state index contributed by atoms with van der Waals surface area (Å²) in [7, 11) is 0. The van der Waals surface area contributed by atoms with E-state index in [0.717, 1.165) is 0 Å². The van der Waals surface area contributed by atoms with Crippen molar-refractivity contribution in [2.45, 2.75) is 110 Å². The molecule has 34 heavy (non-hydrogen) atoms. The smallest absolute Gasteiger partial charge is 0.303 e. The van der Waals surface area contributed by atoms with Crippen LogP contribution >= 0.6 is 0 Å². The first-order valence-electron chi connectivity index (χ1n) is 12.3. The van der Waals surface area contributed by atoms with Crippen LogP contribution in [0.1, 0.15) is 74.1 Å². The SMILES string of the molecule is C=C1C[C@@H]2O[C@@H]([C@H]3[C@@H]2[C@](C)(OC(C)=O)[C@@H](OC(C)=O)C[C@@H]3C(C)C)[C@](C)(O)CC[C@@H]1OC(C)=O. The molecule has 8 nitrogen and oxygen atoms in total. The molecule has 2 saturated heterocycles. The van der Waals surface area contributed by atoms with Crippen molar-refractivity contribution in [2.24, 2.45) is 23.7 Å². The van der Waals surface area contributed by atoms with Gasteiger partial charge < -0.3 is 24.1 Å². The van der Waals surface area contributed by atoms with E-state index in [1.807, 2.05) is 6.92 Å². The Balaban J connectivity index is 2.13. The molecule has 1 aliphatic carbocycles. The zero-order valence-corrected chi connectivity index (χ0v) is 21.5. The highest BCUT2D eigenvalue weighted by Gasteiger charge is 2.67. The number of ether oxygens (including phenoxy) is 4. The van der Waals surface area contributed by atoms with Crippen LogP contribution in [0.3, 0.4) is 0 Å². The zero-order valence-electron chi connectivity index (χ0n) is 21.5. The summed E-state index contributed by atoms with van der Waals surface area (Å²) in [5, 5.41) is 11.6. The average Bonchev–Trinajstić information content (AvgIpc) is 3.07. The van der Waals surface area contributed by atoms with E-state index in [4.69, 9.17) is 18.9 Å². The predicted octanol–water partition coefficient (Wildman–Crippen LogP) is 3.34. The minimum atomic E-state index is -1.21. The lowest BCUT2D eigenvalue weighted by Crippen LogP contribution is -2.62. The second-order valence-electron chi connectivity index (χ2n) is 11.1. The first kappa shape index (κ1) is 26.7. The maximum atomic E-state index is 12.3. The molecule has 1 saturated carbocycles. The summed E-state index contributed by atoms with van der Waals surface area (Å²) in [6.45, 7) is 16.0. The summed E-state index contributed by atoms with van der Waals surface area (Å²) in [6.07, 6.45) is -0.508. The molecule has 0 amide bonds. The molecule has 2 aliphatic heterocycles. The Morgan fingerprint density at radius 2 is 1.71 bits per heavy atom. The molecule has 0 spiro atoms. The first-order chi connectivity index (χ1) is 15.7. The van der Waals surface area contributed by atoms with Crippen molar-refractivity contribution in [1.82, 2.24) is 0 Å². The Hall–Kier alpha value is -1.93. The van der Waals surface area contributed by atoms with Crippen LogP contribution in [0.15, 0.2) is 12.2 Å². The first-order valence-corrected chi connectivity index (χ1v) is 12.3. The summed E-state index contributed by atoms with van der Waals surface area (Å²) in [5.41, 5.74) is -1.67. The highest BCUT2D eigenvalue weighted by molar-refractivity contribution is 5.68. The molecular formula is C26H40O8. The number of rotatable bonds is 4. The summed E-state index contributed by atoms with van der Waals surface area (Å²) in [6, 6.07) is 0. The van der Waals surface area contributed by atoms with E-state index in [-0.39, 0.29) is 23.7 Å². The Kier molecular flexibility index (Phi) is 7.54. The van der Waals surface area contributed by atoms with Gasteiger partial charge in [-0.15, -0.1) is 0 Å². The summed E-state index contributed by atoms with van der Waals surface area (Å²) in [5.74, 6) is -1.53. The molecule has 0 aromatic rings. The molecule has 192 valence electrons. The van der Waals surface area contributed by atoms with Crippen molar-refractivity contribution in [1.29, 1.82) is 0 Å². The molecule has 8 heteroatoms. The van der Waals surface area contributed by atoms with Crippen LogP contribution < -0.4 is 0 Å². The molecule has 0 aromatic carbocycles. The number of carbonyl (C=O) groups is 3. The van der Waals surface area contributed by atoms with Gasteiger partial charge >= 0.3 is 17.9 Å².